The van der Waals surface area contributed by atoms with Crippen LogP contribution >= 0.6 is 0 Å². The summed E-state index contributed by atoms with van der Waals surface area (Å²) in [7, 11) is 0. The third-order valence-electron chi connectivity index (χ3n) is 3.62. The van der Waals surface area contributed by atoms with Crippen LogP contribution in [0.3, 0.4) is 0 Å². The molecule has 0 unspecified atom stereocenters. The zero-order chi connectivity index (χ0) is 13.7. The van der Waals surface area contributed by atoms with E-state index >= 15 is 0 Å². The van der Waals surface area contributed by atoms with Gasteiger partial charge in [-0.05, 0) is 32.6 Å². The smallest absolute Gasteiger partial charge is 0.239 e. The van der Waals surface area contributed by atoms with Gasteiger partial charge in [0.2, 0.25) is 11.8 Å². The molecule has 0 radical (unpaired) electrons. The molecule has 5 heteroatoms. The van der Waals surface area contributed by atoms with Gasteiger partial charge < -0.3 is 15.5 Å². The molecule has 1 rings (SSSR count). The normalized spacial score (nSPS) is 18.6. The molecule has 0 aromatic carbocycles. The highest BCUT2D eigenvalue weighted by Crippen LogP contribution is 2.19. The largest absolute Gasteiger partial charge is 0.343 e. The lowest BCUT2D eigenvalue weighted by Crippen LogP contribution is -2.47. The van der Waals surface area contributed by atoms with Crippen molar-refractivity contribution in [2.24, 2.45) is 11.7 Å². The van der Waals surface area contributed by atoms with Gasteiger partial charge in [-0.1, -0.05) is 0 Å². The summed E-state index contributed by atoms with van der Waals surface area (Å²) in [5, 5.41) is 0. The van der Waals surface area contributed by atoms with Crippen molar-refractivity contribution in [3.8, 4) is 0 Å². The van der Waals surface area contributed by atoms with E-state index < -0.39 is 6.04 Å². The quantitative estimate of drug-likeness (QED) is 0.792. The van der Waals surface area contributed by atoms with Crippen LogP contribution in [0.2, 0.25) is 0 Å². The Bertz CT molecular complexity index is 297. The maximum atomic E-state index is 11.7. The maximum absolute atomic E-state index is 11.7. The predicted molar refractivity (Wildman–Crippen MR) is 70.9 cm³/mol. The molecule has 1 fully saturated rings. The van der Waals surface area contributed by atoms with E-state index in [1.54, 1.807) is 13.8 Å². The minimum Gasteiger partial charge on any atom is -0.343 e. The third kappa shape index (κ3) is 3.98. The van der Waals surface area contributed by atoms with Crippen molar-refractivity contribution in [2.45, 2.75) is 39.7 Å². The van der Waals surface area contributed by atoms with E-state index in [0.717, 1.165) is 39.0 Å². The molecule has 5 nitrogen and oxygen atoms in total. The van der Waals surface area contributed by atoms with Crippen LogP contribution in [0.25, 0.3) is 0 Å². The minimum atomic E-state index is -0.411. The van der Waals surface area contributed by atoms with Crippen molar-refractivity contribution < 1.29 is 9.59 Å². The van der Waals surface area contributed by atoms with Crippen LogP contribution in [0.15, 0.2) is 0 Å². The number of hydrogen-bond donors (Lipinski definition) is 1. The summed E-state index contributed by atoms with van der Waals surface area (Å²) in [5.41, 5.74) is 5.60. The van der Waals surface area contributed by atoms with Gasteiger partial charge >= 0.3 is 0 Å². The summed E-state index contributed by atoms with van der Waals surface area (Å²) in [4.78, 5) is 26.8. The molecule has 1 heterocycles. The highest BCUT2D eigenvalue weighted by Gasteiger charge is 2.25. The zero-order valence-corrected chi connectivity index (χ0v) is 11.7. The molecule has 18 heavy (non-hydrogen) atoms. The molecule has 0 aliphatic carbocycles. The second-order valence-corrected chi connectivity index (χ2v) is 5.11. The van der Waals surface area contributed by atoms with Crippen LogP contribution in [0.1, 0.15) is 33.6 Å². The van der Waals surface area contributed by atoms with Crippen molar-refractivity contribution in [2.75, 3.05) is 26.2 Å². The maximum Gasteiger partial charge on any atom is 0.239 e. The molecule has 0 aromatic heterocycles. The SMILES string of the molecule is CCN(CC1CCN(C(=O)[C@H](C)N)CC1)C(C)=O. The van der Waals surface area contributed by atoms with E-state index in [-0.39, 0.29) is 11.8 Å². The molecule has 2 N–H and O–H groups in total. The Morgan fingerprint density at radius 3 is 2.33 bits per heavy atom. The summed E-state index contributed by atoms with van der Waals surface area (Å²) in [5.74, 6) is 0.671. The van der Waals surface area contributed by atoms with E-state index in [4.69, 9.17) is 5.73 Å². The molecule has 0 bridgehead atoms. The Balaban J connectivity index is 2.40. The monoisotopic (exact) mass is 255 g/mol. The van der Waals surface area contributed by atoms with Gasteiger partial charge in [0.25, 0.3) is 0 Å². The van der Waals surface area contributed by atoms with Crippen molar-refractivity contribution in [3.05, 3.63) is 0 Å². The number of carbonyl (C=O) groups excluding carboxylic acids is 2. The van der Waals surface area contributed by atoms with E-state index in [1.165, 1.54) is 0 Å². The number of carbonyl (C=O) groups is 2. The Labute approximate surface area is 109 Å². The van der Waals surface area contributed by atoms with Crippen molar-refractivity contribution in [3.63, 3.8) is 0 Å². The highest BCUT2D eigenvalue weighted by atomic mass is 16.2. The first-order valence-electron chi connectivity index (χ1n) is 6.75. The van der Waals surface area contributed by atoms with Crippen LogP contribution in [-0.4, -0.2) is 53.8 Å². The molecule has 0 spiro atoms. The standard InChI is InChI=1S/C13H25N3O2/c1-4-15(11(3)17)9-12-5-7-16(8-6-12)13(18)10(2)14/h10,12H,4-9,14H2,1-3H3/t10-/m0/s1. The zero-order valence-electron chi connectivity index (χ0n) is 11.7. The fraction of sp³-hybridized carbons (Fsp3) is 0.846. The first-order valence-corrected chi connectivity index (χ1v) is 6.75. The number of nitrogens with zero attached hydrogens (tertiary/aromatic N) is 2. The Morgan fingerprint density at radius 2 is 1.94 bits per heavy atom. The summed E-state index contributed by atoms with van der Waals surface area (Å²) in [6, 6.07) is -0.411. The summed E-state index contributed by atoms with van der Waals surface area (Å²) in [6.45, 7) is 8.43. The number of likely N-dealkylation sites (tertiary alicyclic amines) is 1. The summed E-state index contributed by atoms with van der Waals surface area (Å²) < 4.78 is 0. The molecule has 104 valence electrons. The van der Waals surface area contributed by atoms with E-state index in [2.05, 4.69) is 0 Å². The van der Waals surface area contributed by atoms with Crippen molar-refractivity contribution in [1.82, 2.24) is 9.80 Å². The molecule has 2 amide bonds. The van der Waals surface area contributed by atoms with Crippen LogP contribution in [0.4, 0.5) is 0 Å². The molecule has 1 saturated heterocycles. The average Bonchev–Trinajstić information content (AvgIpc) is 2.35. The average molecular weight is 255 g/mol. The van der Waals surface area contributed by atoms with Gasteiger partial charge in [0.1, 0.15) is 0 Å². The second kappa shape index (κ2) is 6.73. The molecule has 1 aliphatic heterocycles. The number of rotatable bonds is 4. The van der Waals surface area contributed by atoms with Gasteiger partial charge in [0.05, 0.1) is 6.04 Å². The van der Waals surface area contributed by atoms with Gasteiger partial charge in [-0.25, -0.2) is 0 Å². The molecular weight excluding hydrogens is 230 g/mol. The number of nitrogens with two attached hydrogens (primary N) is 1. The highest BCUT2D eigenvalue weighted by molar-refractivity contribution is 5.81. The van der Waals surface area contributed by atoms with Gasteiger partial charge in [-0.3, -0.25) is 9.59 Å². The summed E-state index contributed by atoms with van der Waals surface area (Å²) >= 11 is 0. The molecule has 1 atom stereocenters. The van der Waals surface area contributed by atoms with Crippen LogP contribution in [0, 0.1) is 5.92 Å². The summed E-state index contributed by atoms with van der Waals surface area (Å²) in [6.07, 6.45) is 1.92. The topological polar surface area (TPSA) is 66.6 Å². The van der Waals surface area contributed by atoms with Gasteiger partial charge in [-0.2, -0.15) is 0 Å². The van der Waals surface area contributed by atoms with Gasteiger partial charge in [0.15, 0.2) is 0 Å². The lowest BCUT2D eigenvalue weighted by Gasteiger charge is -2.35. The number of amides is 2. The fourth-order valence-electron chi connectivity index (χ4n) is 2.42. The predicted octanol–water partition coefficient (Wildman–Crippen LogP) is 0.441. The molecular formula is C13H25N3O2. The first kappa shape index (κ1) is 15.0. The Kier molecular flexibility index (Phi) is 5.59. The first-order chi connectivity index (χ1) is 8.45. The Hall–Kier alpha value is -1.10. The van der Waals surface area contributed by atoms with Crippen molar-refractivity contribution >= 4 is 11.8 Å². The third-order valence-corrected chi connectivity index (χ3v) is 3.62. The Morgan fingerprint density at radius 1 is 1.39 bits per heavy atom. The lowest BCUT2D eigenvalue weighted by molar-refractivity contribution is -0.134. The molecule has 0 saturated carbocycles. The van der Waals surface area contributed by atoms with E-state index in [1.807, 2.05) is 16.7 Å². The van der Waals surface area contributed by atoms with Crippen molar-refractivity contribution in [1.29, 1.82) is 0 Å². The van der Waals surface area contributed by atoms with Gasteiger partial charge in [0, 0.05) is 33.1 Å². The fourth-order valence-corrected chi connectivity index (χ4v) is 2.42. The van der Waals surface area contributed by atoms with Crippen LogP contribution in [-0.2, 0) is 9.59 Å². The van der Waals surface area contributed by atoms with Gasteiger partial charge in [-0.15, -0.1) is 0 Å². The van der Waals surface area contributed by atoms with E-state index in [0.29, 0.717) is 5.92 Å². The molecule has 1 aliphatic rings. The number of hydrogen-bond acceptors (Lipinski definition) is 3. The van der Waals surface area contributed by atoms with Crippen LogP contribution < -0.4 is 5.73 Å². The van der Waals surface area contributed by atoms with Crippen LogP contribution in [0.5, 0.6) is 0 Å². The lowest BCUT2D eigenvalue weighted by atomic mass is 9.95. The number of piperidine rings is 1. The minimum absolute atomic E-state index is 0.0346. The van der Waals surface area contributed by atoms with E-state index in [9.17, 15) is 9.59 Å². The second-order valence-electron chi connectivity index (χ2n) is 5.11. The molecule has 0 aromatic rings.